The van der Waals surface area contributed by atoms with Crippen LogP contribution in [0.25, 0.3) is 38.7 Å². The van der Waals surface area contributed by atoms with Crippen LogP contribution in [0.15, 0.2) is 45.2 Å². The number of rotatable bonds is 16. The van der Waals surface area contributed by atoms with Crippen molar-refractivity contribution in [1.29, 1.82) is 0 Å². The Morgan fingerprint density at radius 2 is 1.05 bits per heavy atom. The summed E-state index contributed by atoms with van der Waals surface area (Å²) < 4.78 is 74.5. The summed E-state index contributed by atoms with van der Waals surface area (Å²) in [4.78, 5) is 81.2. The van der Waals surface area contributed by atoms with Gasteiger partial charge in [0.05, 0.1) is 100 Å². The van der Waals surface area contributed by atoms with Crippen LogP contribution in [-0.2, 0) is 52.1 Å². The Bertz CT molecular complexity index is 4130. The molecule has 4 aromatic rings. The van der Waals surface area contributed by atoms with Crippen molar-refractivity contribution < 1.29 is 112 Å². The van der Waals surface area contributed by atoms with Crippen molar-refractivity contribution in [3.05, 3.63) is 100 Å². The molecule has 0 bridgehead atoms. The third-order valence-corrected chi connectivity index (χ3v) is 21.6. The van der Waals surface area contributed by atoms with Gasteiger partial charge in [-0.25, -0.2) is 0 Å². The molecule has 4 aliphatic heterocycles. The quantitative estimate of drug-likeness (QED) is 0.0451. The normalized spacial score (nSPS) is 36.7. The third kappa shape index (κ3) is 10.8. The van der Waals surface area contributed by atoms with E-state index >= 15 is 4.79 Å². The van der Waals surface area contributed by atoms with Crippen LogP contribution < -0.4 is 16.2 Å². The minimum Gasteiger partial charge on any atom is -0.511 e. The number of phenolic OH excluding ortho intramolecular Hbond substituents is 4. The molecule has 4 heterocycles. The number of hydrogen-bond acceptors (Lipinski definition) is 26. The second-order valence-corrected chi connectivity index (χ2v) is 27.2. The average Bonchev–Trinajstić information content (AvgIpc) is 1.60. The highest BCUT2D eigenvalue weighted by atomic mass is 16.7. The lowest BCUT2D eigenvalue weighted by Crippen LogP contribution is -2.68. The van der Waals surface area contributed by atoms with E-state index in [1.165, 1.54) is 27.4 Å². The fourth-order valence-corrected chi connectivity index (χ4v) is 17.4. The van der Waals surface area contributed by atoms with Crippen LogP contribution in [0.4, 0.5) is 0 Å². The van der Waals surface area contributed by atoms with Gasteiger partial charge in [0.15, 0.2) is 53.4 Å². The summed E-state index contributed by atoms with van der Waals surface area (Å²) in [7, 11) is 11.3. The van der Waals surface area contributed by atoms with Crippen molar-refractivity contribution in [2.24, 2.45) is 11.8 Å². The summed E-state index contributed by atoms with van der Waals surface area (Å²) in [5.74, 6) is -11.7. The highest BCUT2D eigenvalue weighted by molar-refractivity contribution is 6.26. The molecule has 8 N–H and O–H groups in total. The second-order valence-electron chi connectivity index (χ2n) is 27.2. The summed E-state index contributed by atoms with van der Waals surface area (Å²) in [5, 5.41) is 97.8. The Morgan fingerprint density at radius 1 is 0.567 bits per heavy atom. The Labute approximate surface area is 556 Å². The first kappa shape index (κ1) is 70.1. The summed E-state index contributed by atoms with van der Waals surface area (Å²) >= 11 is 0. The van der Waals surface area contributed by atoms with Gasteiger partial charge in [0.25, 0.3) is 0 Å². The molecule has 0 radical (unpaired) electrons. The van der Waals surface area contributed by atoms with E-state index in [0.29, 0.717) is 0 Å². The first-order chi connectivity index (χ1) is 46.0. The van der Waals surface area contributed by atoms with Crippen LogP contribution in [0.1, 0.15) is 134 Å². The molecule has 97 heavy (non-hydrogen) atoms. The molecule has 0 amide bonds. The van der Waals surface area contributed by atoms with Crippen molar-refractivity contribution in [2.45, 2.75) is 202 Å². The van der Waals surface area contributed by atoms with E-state index in [4.69, 9.17) is 52.1 Å². The molecular weight excluding hydrogens is 1270 g/mol. The molecule has 4 saturated heterocycles. The maximum atomic E-state index is 17.9. The minimum absolute atomic E-state index is 0.101. The highest BCUT2D eigenvalue weighted by Gasteiger charge is 2.71. The number of aliphatic hydroxyl groups is 4. The first-order valence-corrected chi connectivity index (χ1v) is 32.7. The van der Waals surface area contributed by atoms with Crippen LogP contribution >= 0.6 is 0 Å². The molecule has 0 saturated carbocycles. The van der Waals surface area contributed by atoms with Crippen LogP contribution in [0.5, 0.6) is 23.0 Å². The van der Waals surface area contributed by atoms with E-state index in [1.54, 1.807) is 79.5 Å². The lowest BCUT2D eigenvalue weighted by atomic mass is 9.55. The number of nitrogens with zero attached hydrogens (tertiary/aromatic N) is 4. The number of carbonyl (C=O) groups excluding carboxylic acids is 3. The van der Waals surface area contributed by atoms with Gasteiger partial charge in [-0.3, -0.25) is 24.0 Å². The number of phenols is 4. The van der Waals surface area contributed by atoms with Crippen molar-refractivity contribution in [2.75, 3.05) is 49.5 Å². The number of fused-ring (bicyclic) bond motifs is 8. The number of methoxy groups -OCH3 is 3. The molecule has 4 aromatic carbocycles. The van der Waals surface area contributed by atoms with E-state index < -0.39 is 252 Å². The Balaban J connectivity index is 1.24. The molecule has 22 atom stereocenters. The molecule has 8 aliphatic rings. The summed E-state index contributed by atoms with van der Waals surface area (Å²) in [6.07, 6.45) is -17.9. The standard InChI is InChI=1S/C69H84N4O24/c1-14-68(96-41-23-37(87-11)58(80)27(5)92-41)53(63(85)44-30(66(68)94-39-21-35(78)56(72(7)8)25(3)90-39)20-29-43(44)60(82)46-32(75)17-16-31(74)45(46)59(29)81)54-64(86)50-49-51(62(84)48-34(77)19-18-33(76)47(48)61(49)83)55(71-70)52(50)67(95-40-22-36(79)57(73(9)10)26(4)91-40)69(54,15-2)97-42-24-38(88-12)65(89-13)28(6)93-42/h16-20,25-28,35-42,53-54,56-58,65-67,78-85H,14-15,21-24H2,1-13H3/t25-,26-,27+,28-,35-,36-,37+,38-,39+,40+,41+,42-,53+,54+,56-,57-,58+,65-,66-,67-,68+,69+/m1/s1. The van der Waals surface area contributed by atoms with Crippen molar-refractivity contribution in [1.82, 2.24) is 9.80 Å². The van der Waals surface area contributed by atoms with E-state index in [0.717, 1.165) is 24.3 Å². The predicted molar refractivity (Wildman–Crippen MR) is 341 cm³/mol. The second kappa shape index (κ2) is 26.1. The molecule has 28 heteroatoms. The molecule has 28 nitrogen and oxygen atoms in total. The van der Waals surface area contributed by atoms with E-state index in [1.807, 2.05) is 0 Å². The topological polar surface area (TPSA) is 392 Å². The van der Waals surface area contributed by atoms with Gasteiger partial charge in [-0.1, -0.05) is 13.8 Å². The zero-order chi connectivity index (χ0) is 70.2. The molecule has 4 fully saturated rings. The van der Waals surface area contributed by atoms with Gasteiger partial charge in [0.2, 0.25) is 0 Å². The Kier molecular flexibility index (Phi) is 18.8. The van der Waals surface area contributed by atoms with Crippen LogP contribution in [-0.4, -0.2) is 238 Å². The molecule has 0 aromatic heterocycles. The number of carbonyl (C=O) groups is 3. The molecule has 0 spiro atoms. The number of Topliss-reactive ketones (excluding diaryl/α,β-unsaturated/α-hetero) is 1. The molecule has 12 rings (SSSR count). The van der Waals surface area contributed by atoms with Crippen molar-refractivity contribution in [3.63, 3.8) is 0 Å². The van der Waals surface area contributed by atoms with Crippen molar-refractivity contribution >= 4 is 50.5 Å². The molecule has 4 aliphatic carbocycles. The van der Waals surface area contributed by atoms with Crippen LogP contribution in [0.3, 0.4) is 0 Å². The van der Waals surface area contributed by atoms with Crippen LogP contribution in [0.2, 0.25) is 0 Å². The first-order valence-electron chi connectivity index (χ1n) is 32.7. The van der Waals surface area contributed by atoms with Crippen LogP contribution in [0, 0.1) is 11.8 Å². The lowest BCUT2D eigenvalue weighted by Gasteiger charge is -2.59. The van der Waals surface area contributed by atoms with Gasteiger partial charge in [-0.05, 0) is 105 Å². The number of likely N-dealkylation sites (N-methyl/N-ethyl adjacent to an activating group) is 2. The average molecular weight is 1350 g/mol. The number of ketones is 3. The number of ether oxygens (including phenoxy) is 11. The molecule has 524 valence electrons. The van der Waals surface area contributed by atoms with E-state index in [2.05, 4.69) is 4.79 Å². The maximum Gasteiger partial charge on any atom is 0.333 e. The SMILES string of the molecule is CC[C@@]1(O[C@H]2C[C@H](OC)[C@@H](O)[C@H](C)O2)[C@H](O[C@H]2C[C@@H](O)[C@H](N(C)C)[C@@H](C)O2)C2=Cc3c(O)c4c(c(O)c3C2=C(O)[C@@H]1[C@H]1C(=O)c2c(c(=[N+]=[N-])c3c(O)c5c(=O)ccc(=O)c5c(O)c23)[C@@H](O[C@H]2C[C@@H](O)[C@H](N(C)C)[C@@H](C)O2)[C@@]1(CC)O[C@@H]1C[C@@H](OC)[C@H](OC)[C@@H](C)O1)C(=O)C=CC4=O. The zero-order valence-corrected chi connectivity index (χ0v) is 56.1. The Hall–Kier alpha value is -6.77. The number of aliphatic hydroxyl groups excluding tert-OH is 4. The minimum atomic E-state index is -2.51. The van der Waals surface area contributed by atoms with Gasteiger partial charge in [0, 0.05) is 74.7 Å². The van der Waals surface area contributed by atoms with Gasteiger partial charge in [-0.15, -0.1) is 0 Å². The summed E-state index contributed by atoms with van der Waals surface area (Å²) in [6, 6.07) is 0.506. The summed E-state index contributed by atoms with van der Waals surface area (Å²) in [5.41, 5.74) is 1.39. The number of allylic oxidation sites excluding steroid dienone is 2. The van der Waals surface area contributed by atoms with E-state index in [9.17, 15) is 65.6 Å². The fraction of sp³-hybridized carbons (Fsp3) is 0.594. The number of benzene rings is 3. The fourth-order valence-electron chi connectivity index (χ4n) is 17.4. The monoisotopic (exact) mass is 1350 g/mol. The van der Waals surface area contributed by atoms with Crippen molar-refractivity contribution in [3.8, 4) is 23.0 Å². The summed E-state index contributed by atoms with van der Waals surface area (Å²) in [6.45, 7) is 9.90. The number of aromatic hydroxyl groups is 4. The highest BCUT2D eigenvalue weighted by Crippen LogP contribution is 2.65. The third-order valence-electron chi connectivity index (χ3n) is 21.6. The smallest absolute Gasteiger partial charge is 0.333 e. The lowest BCUT2D eigenvalue weighted by molar-refractivity contribution is -0.351. The predicted octanol–water partition coefficient (Wildman–Crippen LogP) is 3.59. The number of hydrogen-bond donors (Lipinski definition) is 8. The van der Waals surface area contributed by atoms with Gasteiger partial charge in [-0.2, -0.15) is 4.79 Å². The van der Waals surface area contributed by atoms with Gasteiger partial charge in [0.1, 0.15) is 69.8 Å². The maximum absolute atomic E-state index is 17.9. The Morgan fingerprint density at radius 3 is 1.55 bits per heavy atom. The zero-order valence-electron chi connectivity index (χ0n) is 56.1. The largest absolute Gasteiger partial charge is 0.511 e. The van der Waals surface area contributed by atoms with Gasteiger partial charge >= 0.3 is 5.36 Å². The molecule has 0 unspecified atom stereocenters. The molecular formula is C69H84N4O24. The van der Waals surface area contributed by atoms with E-state index in [-0.39, 0.29) is 48.8 Å². The van der Waals surface area contributed by atoms with Gasteiger partial charge < -0.3 is 108 Å².